The lowest BCUT2D eigenvalue weighted by Crippen LogP contribution is -2.30. The van der Waals surface area contributed by atoms with Crippen molar-refractivity contribution in [1.29, 1.82) is 0 Å². The minimum absolute atomic E-state index is 0.0837. The van der Waals surface area contributed by atoms with Gasteiger partial charge in [-0.05, 0) is 25.5 Å². The number of halogens is 1. The van der Waals surface area contributed by atoms with Crippen LogP contribution in [0, 0.1) is 0 Å². The fourth-order valence-electron chi connectivity index (χ4n) is 3.48. The lowest BCUT2D eigenvalue weighted by atomic mass is 9.99. The van der Waals surface area contributed by atoms with Crippen LogP contribution >= 0.6 is 11.6 Å². The molecule has 3 N–H and O–H groups in total. The lowest BCUT2D eigenvalue weighted by molar-refractivity contribution is -0.125. The summed E-state index contributed by atoms with van der Waals surface area (Å²) < 4.78 is 16.2. The first-order valence-electron chi connectivity index (χ1n) is 11.3. The number of cyclic esters (lactones) is 1. The molecule has 2 aliphatic heterocycles. The number of ether oxygens (including phenoxy) is 3. The standard InChI is InChI=1S/C24H29ClN2O8/c1-3-32-9-8-26-21(30)13-33-27-15-6-4-5-7-19-20(35-19)10-14(2)34-24(31)22-16(11-15)23(25)18(29)12-17(22)28/h4-7,12,14,19-20,28-29H,3,8-11,13H2,1-2H3,(H,26,30)/b6-4-,7-5-,27-15+/t14-,19-,20-/m1/s1. The minimum atomic E-state index is -0.797. The fraction of sp³-hybridized carbons (Fsp3) is 0.458. The van der Waals surface area contributed by atoms with Gasteiger partial charge in [0, 0.05) is 32.1 Å². The lowest BCUT2D eigenvalue weighted by Gasteiger charge is -2.17. The Morgan fingerprint density at radius 1 is 1.31 bits per heavy atom. The van der Waals surface area contributed by atoms with Crippen LogP contribution in [-0.2, 0) is 30.3 Å². The molecule has 1 aromatic carbocycles. The Kier molecular flexibility index (Phi) is 9.53. The third kappa shape index (κ3) is 7.71. The number of aromatic hydroxyl groups is 2. The third-order valence-corrected chi connectivity index (χ3v) is 5.65. The van der Waals surface area contributed by atoms with E-state index in [0.717, 1.165) is 6.07 Å². The molecule has 3 atom stereocenters. The number of hydrogen-bond acceptors (Lipinski definition) is 9. The van der Waals surface area contributed by atoms with E-state index in [1.807, 2.05) is 13.0 Å². The molecule has 35 heavy (non-hydrogen) atoms. The number of carbonyl (C=O) groups is 2. The molecule has 0 bridgehead atoms. The summed E-state index contributed by atoms with van der Waals surface area (Å²) in [5.74, 6) is -2.07. The molecule has 1 amide bonds. The van der Waals surface area contributed by atoms with Crippen molar-refractivity contribution in [3.63, 3.8) is 0 Å². The molecule has 0 unspecified atom stereocenters. The van der Waals surface area contributed by atoms with Crippen molar-refractivity contribution in [2.75, 3.05) is 26.4 Å². The highest BCUT2D eigenvalue weighted by Crippen LogP contribution is 2.38. The molecule has 3 rings (SSSR count). The van der Waals surface area contributed by atoms with E-state index in [4.69, 9.17) is 30.6 Å². The van der Waals surface area contributed by atoms with Crippen molar-refractivity contribution in [1.82, 2.24) is 5.32 Å². The maximum Gasteiger partial charge on any atom is 0.342 e. The molecule has 11 heteroatoms. The van der Waals surface area contributed by atoms with Gasteiger partial charge < -0.3 is 34.6 Å². The van der Waals surface area contributed by atoms with Crippen molar-refractivity contribution in [3.05, 3.63) is 46.5 Å². The van der Waals surface area contributed by atoms with Gasteiger partial charge in [-0.3, -0.25) is 4.79 Å². The fourth-order valence-corrected chi connectivity index (χ4v) is 3.70. The molecule has 2 heterocycles. The van der Waals surface area contributed by atoms with Crippen molar-refractivity contribution in [2.24, 2.45) is 5.16 Å². The first-order valence-corrected chi connectivity index (χ1v) is 11.7. The van der Waals surface area contributed by atoms with Crippen molar-refractivity contribution >= 4 is 29.2 Å². The number of carbonyl (C=O) groups excluding carboxylic acids is 2. The number of rotatable bonds is 7. The smallest absolute Gasteiger partial charge is 0.342 e. The van der Waals surface area contributed by atoms with Gasteiger partial charge in [0.25, 0.3) is 5.91 Å². The number of hydrogen-bond donors (Lipinski definition) is 3. The Bertz CT molecular complexity index is 1020. The van der Waals surface area contributed by atoms with E-state index < -0.39 is 23.6 Å². The summed E-state index contributed by atoms with van der Waals surface area (Å²) in [6.45, 7) is 4.51. The number of fused-ring (bicyclic) bond motifs is 2. The molecule has 1 fully saturated rings. The highest BCUT2D eigenvalue weighted by molar-refractivity contribution is 6.33. The predicted octanol–water partition coefficient (Wildman–Crippen LogP) is 2.65. The zero-order chi connectivity index (χ0) is 25.4. The van der Waals surface area contributed by atoms with E-state index in [0.29, 0.717) is 26.2 Å². The van der Waals surface area contributed by atoms with Crippen LogP contribution in [-0.4, -0.2) is 72.5 Å². The van der Waals surface area contributed by atoms with Crippen LogP contribution in [0.25, 0.3) is 0 Å². The number of nitrogens with zero attached hydrogens (tertiary/aromatic N) is 1. The quantitative estimate of drug-likeness (QED) is 0.221. The van der Waals surface area contributed by atoms with Gasteiger partial charge in [-0.1, -0.05) is 35.0 Å². The molecule has 0 spiro atoms. The Hall–Kier alpha value is -3.08. The second-order valence-corrected chi connectivity index (χ2v) is 8.37. The number of esters is 1. The van der Waals surface area contributed by atoms with Crippen molar-refractivity contribution in [3.8, 4) is 11.5 Å². The van der Waals surface area contributed by atoms with E-state index in [1.165, 1.54) is 0 Å². The molecule has 1 saturated heterocycles. The van der Waals surface area contributed by atoms with Crippen molar-refractivity contribution in [2.45, 2.75) is 45.0 Å². The monoisotopic (exact) mass is 508 g/mol. The van der Waals surface area contributed by atoms with Gasteiger partial charge in [0.1, 0.15) is 29.3 Å². The SMILES string of the molecule is CCOCCNC(=O)CO\N=C1/C=C\C=C/[C@H]2O[C@@H]2C[C@@H](C)OC(=O)c2c(O)cc(O)c(Cl)c2C1. The molecule has 0 saturated carbocycles. The molecule has 190 valence electrons. The number of phenols is 2. The first-order chi connectivity index (χ1) is 16.8. The number of allylic oxidation sites excluding steroid dienone is 3. The summed E-state index contributed by atoms with van der Waals surface area (Å²) in [4.78, 5) is 30.0. The van der Waals surface area contributed by atoms with Gasteiger partial charge in [0.05, 0.1) is 23.4 Å². The summed E-state index contributed by atoms with van der Waals surface area (Å²) in [6.07, 6.45) is 6.68. The van der Waals surface area contributed by atoms with Gasteiger partial charge in [-0.2, -0.15) is 0 Å². The van der Waals surface area contributed by atoms with Crippen LogP contribution in [0.15, 0.2) is 35.5 Å². The zero-order valence-corrected chi connectivity index (χ0v) is 20.3. The Morgan fingerprint density at radius 3 is 2.89 bits per heavy atom. The van der Waals surface area contributed by atoms with Crippen LogP contribution in [0.4, 0.5) is 0 Å². The molecule has 2 aliphatic rings. The minimum Gasteiger partial charge on any atom is -0.507 e. The van der Waals surface area contributed by atoms with Crippen LogP contribution < -0.4 is 5.32 Å². The van der Waals surface area contributed by atoms with E-state index in [-0.39, 0.29) is 53.0 Å². The Balaban J connectivity index is 1.85. The summed E-state index contributed by atoms with van der Waals surface area (Å²) in [5.41, 5.74) is 0.197. The number of oxime groups is 1. The average Bonchev–Trinajstić information content (AvgIpc) is 3.53. The second-order valence-electron chi connectivity index (χ2n) is 8.00. The van der Waals surface area contributed by atoms with Gasteiger partial charge >= 0.3 is 5.97 Å². The van der Waals surface area contributed by atoms with Gasteiger partial charge in [0.15, 0.2) is 6.61 Å². The predicted molar refractivity (Wildman–Crippen MR) is 128 cm³/mol. The topological polar surface area (TPSA) is 139 Å². The highest BCUT2D eigenvalue weighted by Gasteiger charge is 2.38. The molecule has 0 aromatic heterocycles. The Morgan fingerprint density at radius 2 is 2.11 bits per heavy atom. The summed E-state index contributed by atoms with van der Waals surface area (Å²) in [6, 6.07) is 0.981. The normalized spacial score (nSPS) is 24.9. The molecular weight excluding hydrogens is 480 g/mol. The maximum absolute atomic E-state index is 12.9. The van der Waals surface area contributed by atoms with Gasteiger partial charge in [0.2, 0.25) is 0 Å². The highest BCUT2D eigenvalue weighted by atomic mass is 35.5. The summed E-state index contributed by atoms with van der Waals surface area (Å²) in [7, 11) is 0. The largest absolute Gasteiger partial charge is 0.507 e. The number of benzene rings is 1. The van der Waals surface area contributed by atoms with Gasteiger partial charge in [-0.25, -0.2) is 4.79 Å². The Labute approximate surface area is 208 Å². The molecular formula is C24H29ClN2O8. The van der Waals surface area contributed by atoms with E-state index in [1.54, 1.807) is 25.2 Å². The zero-order valence-electron chi connectivity index (χ0n) is 19.5. The number of epoxide rings is 1. The van der Waals surface area contributed by atoms with Crippen molar-refractivity contribution < 1.29 is 38.9 Å². The summed E-state index contributed by atoms with van der Waals surface area (Å²) in [5, 5.41) is 27.1. The average molecular weight is 509 g/mol. The van der Waals surface area contributed by atoms with Crippen LogP contribution in [0.2, 0.25) is 5.02 Å². The number of nitrogens with one attached hydrogen (secondary N) is 1. The van der Waals surface area contributed by atoms with Crippen LogP contribution in [0.1, 0.15) is 36.2 Å². The van der Waals surface area contributed by atoms with E-state index in [2.05, 4.69) is 10.5 Å². The second kappa shape index (κ2) is 12.6. The first kappa shape index (κ1) is 26.5. The number of amides is 1. The molecule has 1 aromatic rings. The van der Waals surface area contributed by atoms with E-state index in [9.17, 15) is 19.8 Å². The van der Waals surface area contributed by atoms with Crippen LogP contribution in [0.5, 0.6) is 11.5 Å². The van der Waals surface area contributed by atoms with Crippen LogP contribution in [0.3, 0.4) is 0 Å². The summed E-state index contributed by atoms with van der Waals surface area (Å²) >= 11 is 6.30. The maximum atomic E-state index is 12.9. The number of phenolic OH excluding ortho intramolecular Hbond substituents is 2. The molecule has 0 aliphatic carbocycles. The molecule has 0 radical (unpaired) electrons. The third-order valence-electron chi connectivity index (χ3n) is 5.23. The molecule has 10 nitrogen and oxygen atoms in total. The van der Waals surface area contributed by atoms with Gasteiger partial charge in [-0.15, -0.1) is 0 Å². The van der Waals surface area contributed by atoms with E-state index >= 15 is 0 Å².